The number of carbonyl (C=O) groups is 2. The van der Waals surface area contributed by atoms with Crippen molar-refractivity contribution in [2.75, 3.05) is 16.8 Å². The van der Waals surface area contributed by atoms with Crippen LogP contribution in [0, 0.1) is 11.8 Å². The van der Waals surface area contributed by atoms with Crippen molar-refractivity contribution < 1.29 is 9.59 Å². The predicted molar refractivity (Wildman–Crippen MR) is 110 cm³/mol. The molecule has 5 nitrogen and oxygen atoms in total. The molecule has 2 rings (SSSR count). The maximum Gasteiger partial charge on any atom is 0.226 e. The van der Waals surface area contributed by atoms with Crippen molar-refractivity contribution in [1.29, 1.82) is 0 Å². The lowest BCUT2D eigenvalue weighted by atomic mass is 10.1. The van der Waals surface area contributed by atoms with E-state index in [0.29, 0.717) is 22.9 Å². The molecule has 1 aromatic heterocycles. The summed E-state index contributed by atoms with van der Waals surface area (Å²) in [7, 11) is 0. The van der Waals surface area contributed by atoms with Crippen molar-refractivity contribution in [3.63, 3.8) is 0 Å². The largest absolute Gasteiger partial charge is 0.326 e. The summed E-state index contributed by atoms with van der Waals surface area (Å²) in [5, 5.41) is 11.1. The third kappa shape index (κ3) is 6.74. The maximum atomic E-state index is 12.3. The van der Waals surface area contributed by atoms with Gasteiger partial charge in [-0.3, -0.25) is 9.59 Å². The molecule has 2 aromatic rings. The number of aromatic nitrogens is 2. The predicted octanol–water partition coefficient (Wildman–Crippen LogP) is 4.86. The zero-order chi connectivity index (χ0) is 19.1. The van der Waals surface area contributed by atoms with Gasteiger partial charge in [0.15, 0.2) is 14.5 Å². The molecule has 0 aliphatic rings. The van der Waals surface area contributed by atoms with Crippen molar-refractivity contribution >= 4 is 52.2 Å². The van der Waals surface area contributed by atoms with Gasteiger partial charge in [-0.25, -0.2) is 0 Å². The smallest absolute Gasteiger partial charge is 0.226 e. The first-order valence-corrected chi connectivity index (χ1v) is 11.2. The second-order valence-corrected chi connectivity index (χ2v) is 9.94. The average molecular weight is 410 g/mol. The van der Waals surface area contributed by atoms with E-state index < -0.39 is 0 Å². The van der Waals surface area contributed by atoms with Gasteiger partial charge in [0, 0.05) is 22.9 Å². The number of carbonyl (C=O) groups excluding carboxylic acids is 2. The number of nitrogens with one attached hydrogen (secondary N) is 1. The quantitative estimate of drug-likeness (QED) is 0.471. The number of ketones is 1. The van der Waals surface area contributed by atoms with Gasteiger partial charge in [0.25, 0.3) is 0 Å². The summed E-state index contributed by atoms with van der Waals surface area (Å²) < 4.78 is 1.75. The lowest BCUT2D eigenvalue weighted by Gasteiger charge is -2.08. The molecule has 0 fully saturated rings. The summed E-state index contributed by atoms with van der Waals surface area (Å²) in [6.07, 6.45) is 0. The summed E-state index contributed by atoms with van der Waals surface area (Å²) in [5.74, 6) is 1.85. The highest BCUT2D eigenvalue weighted by atomic mass is 32.2. The van der Waals surface area contributed by atoms with Crippen LogP contribution in [0.2, 0.25) is 0 Å². The molecule has 1 heterocycles. The third-order valence-electron chi connectivity index (χ3n) is 3.25. The van der Waals surface area contributed by atoms with E-state index in [1.807, 2.05) is 13.8 Å². The van der Waals surface area contributed by atoms with Crippen LogP contribution in [0.5, 0.6) is 0 Å². The van der Waals surface area contributed by atoms with Crippen LogP contribution in [0.15, 0.2) is 32.9 Å². The third-order valence-corrected chi connectivity index (χ3v) is 6.87. The van der Waals surface area contributed by atoms with Crippen LogP contribution in [0.25, 0.3) is 0 Å². The van der Waals surface area contributed by atoms with E-state index >= 15 is 0 Å². The molecule has 0 saturated heterocycles. The number of benzene rings is 1. The molecule has 0 unspecified atom stereocenters. The summed E-state index contributed by atoms with van der Waals surface area (Å²) in [4.78, 5) is 24.0. The van der Waals surface area contributed by atoms with Crippen LogP contribution in [0.1, 0.15) is 38.1 Å². The van der Waals surface area contributed by atoms with E-state index in [1.54, 1.807) is 36.0 Å². The number of nitrogens with zero attached hydrogens (tertiary/aromatic N) is 2. The lowest BCUT2D eigenvalue weighted by molar-refractivity contribution is -0.118. The molecular formula is C18H23N3O2S3. The van der Waals surface area contributed by atoms with Crippen molar-refractivity contribution in [2.24, 2.45) is 11.8 Å². The van der Waals surface area contributed by atoms with Crippen LogP contribution in [-0.4, -0.2) is 33.4 Å². The molecule has 1 N–H and O–H groups in total. The second kappa shape index (κ2) is 10.1. The van der Waals surface area contributed by atoms with Crippen molar-refractivity contribution in [1.82, 2.24) is 10.2 Å². The van der Waals surface area contributed by atoms with Gasteiger partial charge >= 0.3 is 0 Å². The van der Waals surface area contributed by atoms with Crippen molar-refractivity contribution in [2.45, 2.75) is 36.4 Å². The highest BCUT2D eigenvalue weighted by molar-refractivity contribution is 8.03. The van der Waals surface area contributed by atoms with Gasteiger partial charge in [-0.15, -0.1) is 10.2 Å². The molecule has 0 radical (unpaired) electrons. The number of anilines is 1. The molecule has 0 spiro atoms. The van der Waals surface area contributed by atoms with E-state index in [9.17, 15) is 9.59 Å². The Morgan fingerprint density at radius 3 is 2.23 bits per heavy atom. The van der Waals surface area contributed by atoms with E-state index in [0.717, 1.165) is 14.4 Å². The minimum atomic E-state index is -0.0804. The standard InChI is InChI=1S/C18H23N3O2S3/c1-11(2)9-24-17-20-21-18(26-17)25-10-15(22)13-5-7-14(8-6-13)19-16(23)12(3)4/h5-8,11-12H,9-10H2,1-4H3,(H,19,23). The van der Waals surface area contributed by atoms with Gasteiger partial charge in [-0.1, -0.05) is 62.6 Å². The van der Waals surface area contributed by atoms with Crippen LogP contribution >= 0.6 is 34.9 Å². The summed E-state index contributed by atoms with van der Waals surface area (Å²) in [6.45, 7) is 8.01. The fourth-order valence-corrected chi connectivity index (χ4v) is 4.68. The Balaban J connectivity index is 1.85. The van der Waals surface area contributed by atoms with E-state index in [4.69, 9.17) is 0 Å². The van der Waals surface area contributed by atoms with Gasteiger partial charge in [0.1, 0.15) is 0 Å². The SMILES string of the molecule is CC(C)CSc1nnc(SCC(=O)c2ccc(NC(=O)C(C)C)cc2)s1. The molecule has 1 aromatic carbocycles. The van der Waals surface area contributed by atoms with Crippen molar-refractivity contribution in [3.8, 4) is 0 Å². The molecular weight excluding hydrogens is 386 g/mol. The molecule has 0 saturated carbocycles. The maximum absolute atomic E-state index is 12.3. The van der Waals surface area contributed by atoms with Gasteiger partial charge in [-0.2, -0.15) is 0 Å². The molecule has 0 aliphatic heterocycles. The number of hydrogen-bond acceptors (Lipinski definition) is 7. The van der Waals surface area contributed by atoms with E-state index in [2.05, 4.69) is 29.4 Å². The van der Waals surface area contributed by atoms with E-state index in [-0.39, 0.29) is 17.6 Å². The Hall–Kier alpha value is -1.38. The first-order valence-electron chi connectivity index (χ1n) is 8.38. The highest BCUT2D eigenvalue weighted by Gasteiger charge is 2.12. The van der Waals surface area contributed by atoms with Gasteiger partial charge in [0.05, 0.1) is 5.75 Å². The van der Waals surface area contributed by atoms with E-state index in [1.165, 1.54) is 23.1 Å². The Kier molecular flexibility index (Phi) is 8.12. The summed E-state index contributed by atoms with van der Waals surface area (Å²) in [6, 6.07) is 6.99. The topological polar surface area (TPSA) is 72.0 Å². The summed E-state index contributed by atoms with van der Waals surface area (Å²) >= 11 is 4.64. The van der Waals surface area contributed by atoms with Crippen LogP contribution < -0.4 is 5.32 Å². The molecule has 8 heteroatoms. The van der Waals surface area contributed by atoms with Gasteiger partial charge in [0.2, 0.25) is 5.91 Å². The number of thioether (sulfide) groups is 2. The lowest BCUT2D eigenvalue weighted by Crippen LogP contribution is -2.17. The van der Waals surface area contributed by atoms with Crippen molar-refractivity contribution in [3.05, 3.63) is 29.8 Å². The fraction of sp³-hybridized carbons (Fsp3) is 0.444. The highest BCUT2D eigenvalue weighted by Crippen LogP contribution is 2.30. The zero-order valence-corrected chi connectivity index (χ0v) is 17.8. The monoisotopic (exact) mass is 409 g/mol. The number of hydrogen-bond donors (Lipinski definition) is 1. The Morgan fingerprint density at radius 2 is 1.65 bits per heavy atom. The Labute approximate surface area is 166 Å². The molecule has 26 heavy (non-hydrogen) atoms. The first kappa shape index (κ1) is 20.9. The first-order chi connectivity index (χ1) is 12.3. The van der Waals surface area contributed by atoms with Crippen LogP contribution in [-0.2, 0) is 4.79 Å². The zero-order valence-electron chi connectivity index (χ0n) is 15.3. The van der Waals surface area contributed by atoms with Gasteiger partial charge in [-0.05, 0) is 30.2 Å². The molecule has 0 bridgehead atoms. The number of Topliss-reactive ketones (excluding diaryl/α,β-unsaturated/α-hetero) is 1. The van der Waals surface area contributed by atoms with Crippen LogP contribution in [0.4, 0.5) is 5.69 Å². The molecule has 140 valence electrons. The summed E-state index contributed by atoms with van der Waals surface area (Å²) in [5.41, 5.74) is 1.32. The molecule has 1 amide bonds. The van der Waals surface area contributed by atoms with Crippen LogP contribution in [0.3, 0.4) is 0 Å². The normalized spacial score (nSPS) is 11.2. The number of amides is 1. The van der Waals surface area contributed by atoms with Gasteiger partial charge < -0.3 is 5.32 Å². The fourth-order valence-electron chi connectivity index (χ4n) is 1.79. The molecule has 0 atom stereocenters. The minimum absolute atomic E-state index is 0.0309. The number of rotatable bonds is 9. The second-order valence-electron chi connectivity index (χ2n) is 6.47. The average Bonchev–Trinajstić information content (AvgIpc) is 3.06. The minimum Gasteiger partial charge on any atom is -0.326 e. The Morgan fingerprint density at radius 1 is 1.04 bits per heavy atom. The Bertz CT molecular complexity index is 742. The molecule has 0 aliphatic carbocycles.